The van der Waals surface area contributed by atoms with Crippen molar-refractivity contribution < 1.29 is 14.3 Å². The monoisotopic (exact) mass is 316 g/mol. The second-order valence-corrected chi connectivity index (χ2v) is 4.76. The van der Waals surface area contributed by atoms with Crippen LogP contribution in [0.25, 0.3) is 0 Å². The number of amides is 1. The molecule has 0 spiro atoms. The SMILES string of the molecule is COCCCNC(=O)c1ccc(Nc2ccc(OC)cc2)nn1. The zero-order valence-corrected chi connectivity index (χ0v) is 13.2. The van der Waals surface area contributed by atoms with Gasteiger partial charge < -0.3 is 20.1 Å². The number of ether oxygens (including phenoxy) is 2. The van der Waals surface area contributed by atoms with Gasteiger partial charge in [-0.3, -0.25) is 4.79 Å². The molecule has 2 rings (SSSR count). The number of aromatic nitrogens is 2. The fourth-order valence-electron chi connectivity index (χ4n) is 1.85. The van der Waals surface area contributed by atoms with Crippen LogP contribution in [0.2, 0.25) is 0 Å². The van der Waals surface area contributed by atoms with Gasteiger partial charge in [0.05, 0.1) is 7.11 Å². The normalized spacial score (nSPS) is 10.2. The molecule has 23 heavy (non-hydrogen) atoms. The average molecular weight is 316 g/mol. The molecule has 122 valence electrons. The Bertz CT molecular complexity index is 614. The quantitative estimate of drug-likeness (QED) is 0.725. The van der Waals surface area contributed by atoms with Crippen molar-refractivity contribution in [1.29, 1.82) is 0 Å². The molecule has 2 aromatic rings. The number of rotatable bonds is 8. The van der Waals surface area contributed by atoms with Crippen molar-refractivity contribution in [2.24, 2.45) is 0 Å². The van der Waals surface area contributed by atoms with Crippen molar-refractivity contribution in [2.75, 3.05) is 32.7 Å². The van der Waals surface area contributed by atoms with Gasteiger partial charge in [-0.15, -0.1) is 10.2 Å². The van der Waals surface area contributed by atoms with E-state index in [1.54, 1.807) is 26.4 Å². The first-order valence-corrected chi connectivity index (χ1v) is 7.25. The van der Waals surface area contributed by atoms with E-state index >= 15 is 0 Å². The summed E-state index contributed by atoms with van der Waals surface area (Å²) in [5.41, 5.74) is 1.14. The summed E-state index contributed by atoms with van der Waals surface area (Å²) in [6.07, 6.45) is 0.757. The summed E-state index contributed by atoms with van der Waals surface area (Å²) in [5, 5.41) is 13.8. The molecule has 0 aliphatic carbocycles. The lowest BCUT2D eigenvalue weighted by Gasteiger charge is -2.07. The van der Waals surface area contributed by atoms with Crippen molar-refractivity contribution in [2.45, 2.75) is 6.42 Å². The number of anilines is 2. The van der Waals surface area contributed by atoms with Crippen LogP contribution in [0.5, 0.6) is 5.75 Å². The molecule has 0 atom stereocenters. The van der Waals surface area contributed by atoms with Gasteiger partial charge >= 0.3 is 0 Å². The first-order valence-electron chi connectivity index (χ1n) is 7.25. The van der Waals surface area contributed by atoms with E-state index in [0.717, 1.165) is 17.9 Å². The van der Waals surface area contributed by atoms with Gasteiger partial charge in [-0.25, -0.2) is 0 Å². The summed E-state index contributed by atoms with van der Waals surface area (Å²) in [6, 6.07) is 10.8. The lowest BCUT2D eigenvalue weighted by atomic mass is 10.3. The number of carbonyl (C=O) groups excluding carboxylic acids is 1. The first kappa shape index (κ1) is 16.7. The maximum absolute atomic E-state index is 11.9. The lowest BCUT2D eigenvalue weighted by molar-refractivity contribution is 0.0942. The van der Waals surface area contributed by atoms with Crippen LogP contribution in [-0.2, 0) is 4.74 Å². The zero-order chi connectivity index (χ0) is 16.5. The molecular formula is C16H20N4O3. The van der Waals surface area contributed by atoms with Crippen LogP contribution in [-0.4, -0.2) is 43.5 Å². The van der Waals surface area contributed by atoms with Gasteiger partial charge in [0, 0.05) is 25.9 Å². The minimum Gasteiger partial charge on any atom is -0.497 e. The Kier molecular flexibility index (Phi) is 6.31. The molecule has 0 radical (unpaired) electrons. The van der Waals surface area contributed by atoms with Crippen LogP contribution in [0.4, 0.5) is 11.5 Å². The van der Waals surface area contributed by atoms with Crippen LogP contribution < -0.4 is 15.4 Å². The van der Waals surface area contributed by atoms with Gasteiger partial charge in [0.25, 0.3) is 5.91 Å². The Morgan fingerprint density at radius 3 is 2.48 bits per heavy atom. The smallest absolute Gasteiger partial charge is 0.271 e. The van der Waals surface area contributed by atoms with Crippen LogP contribution in [0.1, 0.15) is 16.9 Å². The molecule has 0 aliphatic rings. The van der Waals surface area contributed by atoms with E-state index in [2.05, 4.69) is 20.8 Å². The molecule has 0 saturated heterocycles. The molecular weight excluding hydrogens is 296 g/mol. The number of benzene rings is 1. The molecule has 0 saturated carbocycles. The molecule has 1 amide bonds. The number of nitrogens with zero attached hydrogens (tertiary/aromatic N) is 2. The van der Waals surface area contributed by atoms with Crippen molar-refractivity contribution in [1.82, 2.24) is 15.5 Å². The molecule has 7 heteroatoms. The second kappa shape index (κ2) is 8.70. The Morgan fingerprint density at radius 1 is 1.09 bits per heavy atom. The van der Waals surface area contributed by atoms with Crippen LogP contribution in [0.15, 0.2) is 36.4 Å². The Morgan fingerprint density at radius 2 is 1.87 bits per heavy atom. The predicted molar refractivity (Wildman–Crippen MR) is 87.1 cm³/mol. The standard InChI is InChI=1S/C16H20N4O3/c1-22-11-3-10-17-16(21)14-8-9-15(20-19-14)18-12-4-6-13(23-2)7-5-12/h4-9H,3,10-11H2,1-2H3,(H,17,21)(H,18,20). The number of nitrogens with one attached hydrogen (secondary N) is 2. The molecule has 1 aromatic carbocycles. The van der Waals surface area contributed by atoms with E-state index in [4.69, 9.17) is 9.47 Å². The Labute approximate surface area is 135 Å². The van der Waals surface area contributed by atoms with E-state index < -0.39 is 0 Å². The first-order chi connectivity index (χ1) is 11.2. The van der Waals surface area contributed by atoms with Gasteiger partial charge in [-0.1, -0.05) is 0 Å². The zero-order valence-electron chi connectivity index (χ0n) is 13.2. The summed E-state index contributed by atoms with van der Waals surface area (Å²) in [4.78, 5) is 11.9. The summed E-state index contributed by atoms with van der Waals surface area (Å²) in [6.45, 7) is 1.15. The maximum Gasteiger partial charge on any atom is 0.271 e. The van der Waals surface area contributed by atoms with E-state index in [1.165, 1.54) is 0 Å². The summed E-state index contributed by atoms with van der Waals surface area (Å²) in [5.74, 6) is 1.10. The Balaban J connectivity index is 1.89. The minimum absolute atomic E-state index is 0.246. The van der Waals surface area contributed by atoms with E-state index in [1.807, 2.05) is 24.3 Å². The third-order valence-corrected chi connectivity index (χ3v) is 3.07. The van der Waals surface area contributed by atoms with Crippen molar-refractivity contribution >= 4 is 17.4 Å². The van der Waals surface area contributed by atoms with Gasteiger partial charge in [-0.05, 0) is 42.8 Å². The molecule has 2 N–H and O–H groups in total. The summed E-state index contributed by atoms with van der Waals surface area (Å²) in [7, 11) is 3.24. The Hall–Kier alpha value is -2.67. The van der Waals surface area contributed by atoms with Gasteiger partial charge in [-0.2, -0.15) is 0 Å². The maximum atomic E-state index is 11.9. The van der Waals surface area contributed by atoms with Crippen molar-refractivity contribution in [3.05, 3.63) is 42.1 Å². The minimum atomic E-state index is -0.246. The third kappa shape index (κ3) is 5.23. The van der Waals surface area contributed by atoms with Gasteiger partial charge in [0.2, 0.25) is 0 Å². The number of methoxy groups -OCH3 is 2. The van der Waals surface area contributed by atoms with E-state index in [9.17, 15) is 4.79 Å². The number of hydrogen-bond donors (Lipinski definition) is 2. The molecule has 0 unspecified atom stereocenters. The van der Waals surface area contributed by atoms with E-state index in [-0.39, 0.29) is 11.6 Å². The van der Waals surface area contributed by atoms with Crippen LogP contribution in [0, 0.1) is 0 Å². The predicted octanol–water partition coefficient (Wildman–Crippen LogP) is 2.00. The third-order valence-electron chi connectivity index (χ3n) is 3.07. The lowest BCUT2D eigenvalue weighted by Crippen LogP contribution is -2.26. The van der Waals surface area contributed by atoms with Crippen LogP contribution >= 0.6 is 0 Å². The molecule has 1 aromatic heterocycles. The molecule has 1 heterocycles. The number of hydrogen-bond acceptors (Lipinski definition) is 6. The highest BCUT2D eigenvalue weighted by Gasteiger charge is 2.07. The van der Waals surface area contributed by atoms with Crippen molar-refractivity contribution in [3.8, 4) is 5.75 Å². The molecule has 7 nitrogen and oxygen atoms in total. The summed E-state index contributed by atoms with van der Waals surface area (Å²) >= 11 is 0. The van der Waals surface area contributed by atoms with Gasteiger partial charge in [0.15, 0.2) is 11.5 Å². The fourth-order valence-corrected chi connectivity index (χ4v) is 1.85. The second-order valence-electron chi connectivity index (χ2n) is 4.76. The largest absolute Gasteiger partial charge is 0.497 e. The molecule has 0 aliphatic heterocycles. The fraction of sp³-hybridized carbons (Fsp3) is 0.312. The van der Waals surface area contributed by atoms with Gasteiger partial charge in [0.1, 0.15) is 5.75 Å². The topological polar surface area (TPSA) is 85.4 Å². The number of carbonyl (C=O) groups is 1. The average Bonchev–Trinajstić information content (AvgIpc) is 2.60. The molecule has 0 bridgehead atoms. The highest BCUT2D eigenvalue weighted by Crippen LogP contribution is 2.18. The summed E-state index contributed by atoms with van der Waals surface area (Å²) < 4.78 is 10.0. The van der Waals surface area contributed by atoms with E-state index in [0.29, 0.717) is 19.0 Å². The van der Waals surface area contributed by atoms with Crippen LogP contribution in [0.3, 0.4) is 0 Å². The molecule has 0 fully saturated rings. The highest BCUT2D eigenvalue weighted by molar-refractivity contribution is 5.92. The highest BCUT2D eigenvalue weighted by atomic mass is 16.5. The van der Waals surface area contributed by atoms with Crippen molar-refractivity contribution in [3.63, 3.8) is 0 Å².